The number of nitrogens with zero attached hydrogens (tertiary/aromatic N) is 1. The molecule has 0 aromatic heterocycles. The van der Waals surface area contributed by atoms with Crippen LogP contribution in [-0.4, -0.2) is 32.1 Å². The molecule has 4 heteroatoms. The average Bonchev–Trinajstić information content (AvgIpc) is 2.52. The van der Waals surface area contributed by atoms with Crippen LogP contribution in [-0.2, 0) is 11.2 Å². The normalized spacial score (nSPS) is 25.1. The van der Waals surface area contributed by atoms with Crippen LogP contribution in [0.4, 0.5) is 5.69 Å². The van der Waals surface area contributed by atoms with Gasteiger partial charge in [0.25, 0.3) is 5.91 Å². The highest BCUT2D eigenvalue weighted by atomic mass is 16.5. The predicted octanol–water partition coefficient (Wildman–Crippen LogP) is 2.61. The number of hydrogen-bond acceptors (Lipinski definition) is 3. The molecule has 1 amide bonds. The van der Waals surface area contributed by atoms with Gasteiger partial charge >= 0.3 is 0 Å². The number of hydrogen-bond donors (Lipinski definition) is 1. The van der Waals surface area contributed by atoms with E-state index in [4.69, 9.17) is 4.74 Å². The first-order valence-corrected chi connectivity index (χ1v) is 8.34. The van der Waals surface area contributed by atoms with E-state index in [2.05, 4.69) is 17.4 Å². The number of ether oxygens (including phenoxy) is 1. The summed E-state index contributed by atoms with van der Waals surface area (Å²) in [6.45, 7) is 6.28. The SMILES string of the molecule is CC(C)C1Oc2ccc(CC3CCCNC3)cc2N(C)C1=O. The summed E-state index contributed by atoms with van der Waals surface area (Å²) in [7, 11) is 1.85. The summed E-state index contributed by atoms with van der Waals surface area (Å²) in [6, 6.07) is 6.30. The lowest BCUT2D eigenvalue weighted by molar-refractivity contribution is -0.127. The van der Waals surface area contributed by atoms with Gasteiger partial charge in [-0.1, -0.05) is 19.9 Å². The molecule has 1 saturated heterocycles. The number of nitrogens with one attached hydrogen (secondary N) is 1. The molecular weight excluding hydrogens is 276 g/mol. The van der Waals surface area contributed by atoms with Crippen LogP contribution in [0, 0.1) is 11.8 Å². The lowest BCUT2D eigenvalue weighted by Gasteiger charge is -2.34. The molecule has 2 aliphatic heterocycles. The van der Waals surface area contributed by atoms with Crippen LogP contribution in [0.3, 0.4) is 0 Å². The van der Waals surface area contributed by atoms with E-state index in [1.165, 1.54) is 18.4 Å². The van der Waals surface area contributed by atoms with E-state index in [1.54, 1.807) is 4.90 Å². The standard InChI is InChI=1S/C18H26N2O2/c1-12(2)17-18(21)20(3)15-10-13(6-7-16(15)22-17)9-14-5-4-8-19-11-14/h6-7,10,12,14,17,19H,4-5,8-9,11H2,1-3H3. The molecule has 2 heterocycles. The Labute approximate surface area is 132 Å². The van der Waals surface area contributed by atoms with Crippen molar-refractivity contribution in [2.24, 2.45) is 11.8 Å². The Hall–Kier alpha value is -1.55. The minimum absolute atomic E-state index is 0.0546. The predicted molar refractivity (Wildman–Crippen MR) is 88.4 cm³/mol. The van der Waals surface area contributed by atoms with Crippen LogP contribution in [0.15, 0.2) is 18.2 Å². The summed E-state index contributed by atoms with van der Waals surface area (Å²) < 4.78 is 5.92. The number of anilines is 1. The van der Waals surface area contributed by atoms with Crippen molar-refractivity contribution < 1.29 is 9.53 Å². The topological polar surface area (TPSA) is 41.6 Å². The Bertz CT molecular complexity index is 550. The summed E-state index contributed by atoms with van der Waals surface area (Å²) in [6.07, 6.45) is 3.24. The van der Waals surface area contributed by atoms with Crippen molar-refractivity contribution in [3.63, 3.8) is 0 Å². The molecule has 22 heavy (non-hydrogen) atoms. The van der Waals surface area contributed by atoms with E-state index in [1.807, 2.05) is 27.0 Å². The van der Waals surface area contributed by atoms with Gasteiger partial charge in [-0.3, -0.25) is 4.79 Å². The van der Waals surface area contributed by atoms with Crippen molar-refractivity contribution in [2.45, 2.75) is 39.2 Å². The largest absolute Gasteiger partial charge is 0.478 e. The summed E-state index contributed by atoms with van der Waals surface area (Å²) in [5.74, 6) is 1.75. The summed E-state index contributed by atoms with van der Waals surface area (Å²) in [5.41, 5.74) is 2.20. The summed E-state index contributed by atoms with van der Waals surface area (Å²) in [4.78, 5) is 14.2. The molecule has 3 rings (SSSR count). The van der Waals surface area contributed by atoms with Gasteiger partial charge in [-0.25, -0.2) is 0 Å². The van der Waals surface area contributed by atoms with Gasteiger partial charge in [-0.05, 0) is 61.9 Å². The maximum absolute atomic E-state index is 12.4. The summed E-state index contributed by atoms with van der Waals surface area (Å²) in [5, 5.41) is 3.46. The van der Waals surface area contributed by atoms with E-state index in [9.17, 15) is 4.79 Å². The fourth-order valence-corrected chi connectivity index (χ4v) is 3.40. The lowest BCUT2D eigenvalue weighted by Crippen LogP contribution is -2.46. The van der Waals surface area contributed by atoms with Gasteiger partial charge in [-0.15, -0.1) is 0 Å². The van der Waals surface area contributed by atoms with Gasteiger partial charge in [0.2, 0.25) is 0 Å². The van der Waals surface area contributed by atoms with Crippen LogP contribution in [0.2, 0.25) is 0 Å². The fraction of sp³-hybridized carbons (Fsp3) is 0.611. The molecule has 2 unspecified atom stereocenters. The van der Waals surface area contributed by atoms with Gasteiger partial charge in [0.05, 0.1) is 5.69 Å². The maximum atomic E-state index is 12.4. The van der Waals surface area contributed by atoms with Gasteiger partial charge in [-0.2, -0.15) is 0 Å². The molecule has 1 aromatic rings. The Balaban J connectivity index is 1.80. The minimum Gasteiger partial charge on any atom is -0.478 e. The van der Waals surface area contributed by atoms with Gasteiger partial charge in [0, 0.05) is 7.05 Å². The highest BCUT2D eigenvalue weighted by Crippen LogP contribution is 2.36. The first-order chi connectivity index (χ1) is 10.6. The molecule has 0 saturated carbocycles. The zero-order valence-corrected chi connectivity index (χ0v) is 13.8. The van der Waals surface area contributed by atoms with Gasteiger partial charge < -0.3 is 15.0 Å². The molecule has 1 fully saturated rings. The Kier molecular flexibility index (Phi) is 4.39. The van der Waals surface area contributed by atoms with Crippen molar-refractivity contribution in [3.8, 4) is 5.75 Å². The zero-order chi connectivity index (χ0) is 15.7. The first kappa shape index (κ1) is 15.3. The molecule has 120 valence electrons. The summed E-state index contributed by atoms with van der Waals surface area (Å²) >= 11 is 0. The number of carbonyl (C=O) groups excluding carboxylic acids is 1. The van der Waals surface area contributed by atoms with Gasteiger partial charge in [0.15, 0.2) is 6.10 Å². The molecule has 1 aromatic carbocycles. The molecular formula is C18H26N2O2. The smallest absolute Gasteiger partial charge is 0.268 e. The lowest BCUT2D eigenvalue weighted by atomic mass is 9.92. The van der Waals surface area contributed by atoms with Crippen LogP contribution >= 0.6 is 0 Å². The highest BCUT2D eigenvalue weighted by molar-refractivity contribution is 5.99. The number of fused-ring (bicyclic) bond motifs is 1. The number of carbonyl (C=O) groups is 1. The number of amides is 1. The molecule has 2 aliphatic rings. The van der Waals surface area contributed by atoms with Crippen molar-refractivity contribution in [1.82, 2.24) is 5.32 Å². The molecule has 0 bridgehead atoms. The monoisotopic (exact) mass is 302 g/mol. The molecule has 0 spiro atoms. The molecule has 1 N–H and O–H groups in total. The second kappa shape index (κ2) is 6.29. The highest BCUT2D eigenvalue weighted by Gasteiger charge is 2.34. The van der Waals surface area contributed by atoms with Gasteiger partial charge in [0.1, 0.15) is 5.75 Å². The Morgan fingerprint density at radius 3 is 2.91 bits per heavy atom. The quantitative estimate of drug-likeness (QED) is 0.933. The molecule has 4 nitrogen and oxygen atoms in total. The van der Waals surface area contributed by atoms with Crippen LogP contribution < -0.4 is 15.0 Å². The van der Waals surface area contributed by atoms with E-state index in [0.717, 1.165) is 30.9 Å². The van der Waals surface area contributed by atoms with E-state index in [-0.39, 0.29) is 17.9 Å². The minimum atomic E-state index is -0.370. The van der Waals surface area contributed by atoms with Crippen LogP contribution in [0.5, 0.6) is 5.75 Å². The number of rotatable bonds is 3. The van der Waals surface area contributed by atoms with Crippen molar-refractivity contribution in [1.29, 1.82) is 0 Å². The van der Waals surface area contributed by atoms with Crippen molar-refractivity contribution in [3.05, 3.63) is 23.8 Å². The maximum Gasteiger partial charge on any atom is 0.268 e. The third-order valence-electron chi connectivity index (χ3n) is 4.74. The average molecular weight is 302 g/mol. The number of benzene rings is 1. The first-order valence-electron chi connectivity index (χ1n) is 8.34. The van der Waals surface area contributed by atoms with Crippen molar-refractivity contribution in [2.75, 3.05) is 25.0 Å². The van der Waals surface area contributed by atoms with Crippen LogP contribution in [0.25, 0.3) is 0 Å². The van der Waals surface area contributed by atoms with E-state index in [0.29, 0.717) is 5.92 Å². The third-order valence-corrected chi connectivity index (χ3v) is 4.74. The van der Waals surface area contributed by atoms with Crippen LogP contribution in [0.1, 0.15) is 32.3 Å². The molecule has 0 radical (unpaired) electrons. The van der Waals surface area contributed by atoms with Crippen molar-refractivity contribution >= 4 is 11.6 Å². The third kappa shape index (κ3) is 2.98. The van der Waals surface area contributed by atoms with E-state index < -0.39 is 0 Å². The fourth-order valence-electron chi connectivity index (χ4n) is 3.40. The zero-order valence-electron chi connectivity index (χ0n) is 13.8. The number of likely N-dealkylation sites (N-methyl/N-ethyl adjacent to an activating group) is 1. The second-order valence-electron chi connectivity index (χ2n) is 6.90. The molecule has 0 aliphatic carbocycles. The second-order valence-corrected chi connectivity index (χ2v) is 6.90. The van der Waals surface area contributed by atoms with E-state index >= 15 is 0 Å². The molecule has 2 atom stereocenters. The number of piperidine rings is 1. The Morgan fingerprint density at radius 1 is 1.41 bits per heavy atom. The Morgan fingerprint density at radius 2 is 2.23 bits per heavy atom.